The highest BCUT2D eigenvalue weighted by molar-refractivity contribution is 7.15. The number of hydrogen-bond acceptors (Lipinski definition) is 6. The van der Waals surface area contributed by atoms with Crippen LogP contribution >= 0.6 is 11.3 Å². The van der Waals surface area contributed by atoms with Gasteiger partial charge in [-0.2, -0.15) is 0 Å². The molecule has 0 bridgehead atoms. The SMILES string of the molecule is Cc1nnc(NC(=O)CN2C(=O)[C@H]3CC=CC[C@@H]3C2=O)s1. The van der Waals surface area contributed by atoms with Gasteiger partial charge in [0.1, 0.15) is 11.6 Å². The number of hydrogen-bond donors (Lipinski definition) is 1. The second-order valence-electron chi connectivity index (χ2n) is 5.09. The molecule has 1 fully saturated rings. The molecule has 0 radical (unpaired) electrons. The molecule has 1 aromatic rings. The van der Waals surface area contributed by atoms with Gasteiger partial charge in [-0.3, -0.25) is 24.6 Å². The van der Waals surface area contributed by atoms with E-state index in [1.165, 1.54) is 11.3 Å². The lowest BCUT2D eigenvalue weighted by molar-refractivity contribution is -0.142. The number of rotatable bonds is 3. The summed E-state index contributed by atoms with van der Waals surface area (Å²) in [6, 6.07) is 0. The third kappa shape index (κ3) is 2.58. The summed E-state index contributed by atoms with van der Waals surface area (Å²) in [6.45, 7) is 1.52. The van der Waals surface area contributed by atoms with E-state index >= 15 is 0 Å². The molecule has 1 aromatic heterocycles. The Bertz CT molecular complexity index is 613. The fourth-order valence-corrected chi connectivity index (χ4v) is 3.28. The Labute approximate surface area is 125 Å². The van der Waals surface area contributed by atoms with Crippen LogP contribution in [0.2, 0.25) is 0 Å². The van der Waals surface area contributed by atoms with Crippen molar-refractivity contribution in [2.24, 2.45) is 11.8 Å². The molecule has 21 heavy (non-hydrogen) atoms. The quantitative estimate of drug-likeness (QED) is 0.656. The summed E-state index contributed by atoms with van der Waals surface area (Å²) >= 11 is 1.24. The van der Waals surface area contributed by atoms with Crippen molar-refractivity contribution in [3.8, 4) is 0 Å². The molecule has 1 saturated heterocycles. The minimum atomic E-state index is -0.431. The molecule has 2 aliphatic rings. The molecule has 110 valence electrons. The van der Waals surface area contributed by atoms with E-state index in [0.717, 1.165) is 9.91 Å². The van der Waals surface area contributed by atoms with Crippen LogP contribution < -0.4 is 5.32 Å². The van der Waals surface area contributed by atoms with Gasteiger partial charge in [0.2, 0.25) is 22.9 Å². The van der Waals surface area contributed by atoms with Crippen LogP contribution in [-0.2, 0) is 14.4 Å². The first kappa shape index (κ1) is 13.9. The lowest BCUT2D eigenvalue weighted by Crippen LogP contribution is -2.38. The van der Waals surface area contributed by atoms with Crippen molar-refractivity contribution < 1.29 is 14.4 Å². The summed E-state index contributed by atoms with van der Waals surface area (Å²) < 4.78 is 0. The van der Waals surface area contributed by atoms with Crippen molar-refractivity contribution in [3.63, 3.8) is 0 Å². The second kappa shape index (κ2) is 5.36. The van der Waals surface area contributed by atoms with E-state index in [1.54, 1.807) is 6.92 Å². The van der Waals surface area contributed by atoms with Crippen LogP contribution in [0, 0.1) is 18.8 Å². The molecule has 0 spiro atoms. The maximum absolute atomic E-state index is 12.2. The summed E-state index contributed by atoms with van der Waals surface area (Å²) in [4.78, 5) is 37.4. The number of carbonyl (C=O) groups is 3. The number of amides is 3. The second-order valence-corrected chi connectivity index (χ2v) is 6.27. The van der Waals surface area contributed by atoms with E-state index in [0.29, 0.717) is 18.0 Å². The number of likely N-dealkylation sites (tertiary alicyclic amines) is 1. The van der Waals surface area contributed by atoms with Gasteiger partial charge >= 0.3 is 0 Å². The van der Waals surface area contributed by atoms with Crippen LogP contribution in [0.15, 0.2) is 12.2 Å². The highest BCUT2D eigenvalue weighted by Gasteiger charge is 2.47. The van der Waals surface area contributed by atoms with Crippen LogP contribution in [0.5, 0.6) is 0 Å². The van der Waals surface area contributed by atoms with Crippen LogP contribution in [-0.4, -0.2) is 39.4 Å². The van der Waals surface area contributed by atoms with Crippen molar-refractivity contribution in [2.45, 2.75) is 19.8 Å². The Hall–Kier alpha value is -2.09. The average Bonchev–Trinajstić information content (AvgIpc) is 2.97. The minimum absolute atomic E-state index is 0.252. The zero-order chi connectivity index (χ0) is 15.0. The van der Waals surface area contributed by atoms with Gasteiger partial charge in [0, 0.05) is 0 Å². The number of anilines is 1. The maximum atomic E-state index is 12.2. The van der Waals surface area contributed by atoms with Gasteiger partial charge in [0.25, 0.3) is 0 Å². The molecule has 1 aliphatic heterocycles. The first-order chi connectivity index (χ1) is 10.1. The number of imide groups is 1. The lowest BCUT2D eigenvalue weighted by atomic mass is 9.85. The molecule has 7 nitrogen and oxygen atoms in total. The maximum Gasteiger partial charge on any atom is 0.246 e. The molecule has 2 heterocycles. The van der Waals surface area contributed by atoms with Gasteiger partial charge < -0.3 is 0 Å². The number of fused-ring (bicyclic) bond motifs is 1. The monoisotopic (exact) mass is 306 g/mol. The molecule has 0 unspecified atom stereocenters. The molecule has 0 aromatic carbocycles. The van der Waals surface area contributed by atoms with E-state index in [1.807, 2.05) is 12.2 Å². The summed E-state index contributed by atoms with van der Waals surface area (Å²) in [7, 11) is 0. The summed E-state index contributed by atoms with van der Waals surface area (Å²) in [6.07, 6.45) is 4.98. The highest BCUT2D eigenvalue weighted by Crippen LogP contribution is 2.34. The van der Waals surface area contributed by atoms with E-state index in [4.69, 9.17) is 0 Å². The third-order valence-electron chi connectivity index (χ3n) is 3.67. The average molecular weight is 306 g/mol. The summed E-state index contributed by atoms with van der Waals surface area (Å²) in [5, 5.41) is 11.2. The van der Waals surface area contributed by atoms with Gasteiger partial charge in [-0.15, -0.1) is 10.2 Å². The first-order valence-corrected chi connectivity index (χ1v) is 7.48. The normalized spacial score (nSPS) is 24.3. The van der Waals surface area contributed by atoms with Crippen molar-refractivity contribution >= 4 is 34.2 Å². The van der Waals surface area contributed by atoms with Gasteiger partial charge in [0.15, 0.2) is 0 Å². The molecule has 3 amide bonds. The Morgan fingerprint density at radius 3 is 2.43 bits per heavy atom. The van der Waals surface area contributed by atoms with Gasteiger partial charge in [-0.25, -0.2) is 0 Å². The van der Waals surface area contributed by atoms with Crippen LogP contribution in [0.1, 0.15) is 17.8 Å². The van der Waals surface area contributed by atoms with E-state index in [9.17, 15) is 14.4 Å². The summed E-state index contributed by atoms with van der Waals surface area (Å²) in [5.41, 5.74) is 0. The van der Waals surface area contributed by atoms with Gasteiger partial charge in [-0.1, -0.05) is 23.5 Å². The van der Waals surface area contributed by atoms with Crippen LogP contribution in [0.25, 0.3) is 0 Å². The van der Waals surface area contributed by atoms with E-state index in [2.05, 4.69) is 15.5 Å². The highest BCUT2D eigenvalue weighted by atomic mass is 32.1. The molecule has 1 aliphatic carbocycles. The Morgan fingerprint density at radius 2 is 1.90 bits per heavy atom. The molecule has 8 heteroatoms. The molecular weight excluding hydrogens is 292 g/mol. The number of carbonyl (C=O) groups excluding carboxylic acids is 3. The minimum Gasteiger partial charge on any atom is -0.299 e. The van der Waals surface area contributed by atoms with Crippen molar-refractivity contribution in [1.29, 1.82) is 0 Å². The largest absolute Gasteiger partial charge is 0.299 e. The fraction of sp³-hybridized carbons (Fsp3) is 0.462. The number of aromatic nitrogens is 2. The Kier molecular flexibility index (Phi) is 3.54. The van der Waals surface area contributed by atoms with Crippen molar-refractivity contribution in [2.75, 3.05) is 11.9 Å². The molecule has 2 atom stereocenters. The molecule has 0 saturated carbocycles. The van der Waals surface area contributed by atoms with Gasteiger partial charge in [0.05, 0.1) is 11.8 Å². The number of allylic oxidation sites excluding steroid dienone is 2. The van der Waals surface area contributed by atoms with E-state index < -0.39 is 5.91 Å². The predicted molar refractivity (Wildman–Crippen MR) is 75.3 cm³/mol. The number of aryl methyl sites for hydroxylation is 1. The smallest absolute Gasteiger partial charge is 0.246 e. The third-order valence-corrected chi connectivity index (χ3v) is 4.43. The molecule has 1 N–H and O–H groups in total. The number of nitrogens with one attached hydrogen (secondary N) is 1. The molecule has 3 rings (SSSR count). The number of nitrogens with zero attached hydrogens (tertiary/aromatic N) is 3. The van der Waals surface area contributed by atoms with Crippen LogP contribution in [0.4, 0.5) is 5.13 Å². The Balaban J connectivity index is 1.66. The van der Waals surface area contributed by atoms with Gasteiger partial charge in [-0.05, 0) is 19.8 Å². The Morgan fingerprint density at radius 1 is 1.29 bits per heavy atom. The van der Waals surface area contributed by atoms with E-state index in [-0.39, 0.29) is 30.2 Å². The topological polar surface area (TPSA) is 92.3 Å². The first-order valence-electron chi connectivity index (χ1n) is 6.66. The summed E-state index contributed by atoms with van der Waals surface area (Å²) in [5.74, 6) is -1.55. The zero-order valence-corrected chi connectivity index (χ0v) is 12.2. The fourth-order valence-electron chi connectivity index (χ4n) is 2.67. The predicted octanol–water partition coefficient (Wildman–Crippen LogP) is 0.736. The van der Waals surface area contributed by atoms with Crippen molar-refractivity contribution in [1.82, 2.24) is 15.1 Å². The standard InChI is InChI=1S/C13H14N4O3S/c1-7-15-16-13(21-7)14-10(18)6-17-11(19)8-4-2-3-5-9(8)12(17)20/h2-3,8-9H,4-6H2,1H3,(H,14,16,18)/t8-,9-/m0/s1. The molecular formula is C13H14N4O3S. The van der Waals surface area contributed by atoms with Crippen LogP contribution in [0.3, 0.4) is 0 Å². The van der Waals surface area contributed by atoms with Crippen molar-refractivity contribution in [3.05, 3.63) is 17.2 Å². The lowest BCUT2D eigenvalue weighted by Gasteiger charge is -2.14. The zero-order valence-electron chi connectivity index (χ0n) is 11.4.